The summed E-state index contributed by atoms with van der Waals surface area (Å²) in [6.45, 7) is 3.48. The average molecular weight is 374 g/mol. The van der Waals surface area contributed by atoms with Gasteiger partial charge in [-0.1, -0.05) is 12.1 Å². The molecule has 2 N–H and O–H groups in total. The lowest BCUT2D eigenvalue weighted by Gasteiger charge is -2.08. The lowest BCUT2D eigenvalue weighted by atomic mass is 10.2. The molecule has 0 bridgehead atoms. The van der Waals surface area contributed by atoms with Crippen LogP contribution in [-0.2, 0) is 19.7 Å². The zero-order chi connectivity index (χ0) is 17.6. The van der Waals surface area contributed by atoms with E-state index in [9.17, 15) is 4.79 Å². The van der Waals surface area contributed by atoms with Gasteiger partial charge in [0.05, 0.1) is 6.54 Å². The smallest absolute Gasteiger partial charge is 0.251 e. The molecule has 1 amide bonds. The molecular formula is C17H18N4O2S2. The number of aromatic nitrogens is 3. The molecule has 0 unspecified atom stereocenters. The summed E-state index contributed by atoms with van der Waals surface area (Å²) in [5.41, 5.74) is 0.542. The Morgan fingerprint density at radius 3 is 3.04 bits per heavy atom. The third-order valence-corrected chi connectivity index (χ3v) is 4.78. The van der Waals surface area contributed by atoms with Crippen molar-refractivity contribution in [1.29, 1.82) is 0 Å². The quantitative estimate of drug-likeness (QED) is 0.621. The van der Waals surface area contributed by atoms with Crippen molar-refractivity contribution >= 4 is 29.5 Å². The molecule has 0 atom stereocenters. The zero-order valence-corrected chi connectivity index (χ0v) is 15.3. The van der Waals surface area contributed by atoms with E-state index in [0.717, 1.165) is 4.88 Å². The fraction of sp³-hybridized carbons (Fsp3) is 0.235. The minimum Gasteiger partial charge on any atom is -0.488 e. The van der Waals surface area contributed by atoms with Crippen LogP contribution in [0.15, 0.2) is 41.8 Å². The van der Waals surface area contributed by atoms with Crippen LogP contribution in [0.3, 0.4) is 0 Å². The summed E-state index contributed by atoms with van der Waals surface area (Å²) in [5, 5.41) is 11.7. The van der Waals surface area contributed by atoms with E-state index in [-0.39, 0.29) is 5.91 Å². The van der Waals surface area contributed by atoms with Crippen LogP contribution in [0.2, 0.25) is 0 Å². The largest absolute Gasteiger partial charge is 0.488 e. The van der Waals surface area contributed by atoms with Crippen molar-refractivity contribution in [3.63, 3.8) is 0 Å². The summed E-state index contributed by atoms with van der Waals surface area (Å²) in [6, 6.07) is 11.1. The molecule has 0 aliphatic carbocycles. The fourth-order valence-corrected chi connectivity index (χ4v) is 3.25. The molecule has 2 heterocycles. The number of H-pyrrole nitrogens is 1. The van der Waals surface area contributed by atoms with Crippen LogP contribution < -0.4 is 10.1 Å². The van der Waals surface area contributed by atoms with Crippen molar-refractivity contribution in [1.82, 2.24) is 20.1 Å². The number of ether oxygens (including phenoxy) is 1. The second-order valence-corrected chi connectivity index (χ2v) is 6.69. The van der Waals surface area contributed by atoms with Crippen LogP contribution in [-0.4, -0.2) is 20.7 Å². The van der Waals surface area contributed by atoms with Gasteiger partial charge < -0.3 is 14.6 Å². The van der Waals surface area contributed by atoms with E-state index in [0.29, 0.717) is 41.6 Å². The highest BCUT2D eigenvalue weighted by Gasteiger charge is 2.10. The van der Waals surface area contributed by atoms with Crippen LogP contribution in [0.5, 0.6) is 5.75 Å². The normalized spacial score (nSPS) is 10.6. The number of benzene rings is 1. The third-order valence-electron chi connectivity index (χ3n) is 3.62. The Labute approximate surface area is 154 Å². The number of carbonyl (C=O) groups excluding carboxylic acids is 1. The van der Waals surface area contributed by atoms with Gasteiger partial charge in [-0.15, -0.1) is 11.3 Å². The molecule has 3 aromatic rings. The Morgan fingerprint density at radius 2 is 2.28 bits per heavy atom. The van der Waals surface area contributed by atoms with Crippen molar-refractivity contribution in [2.75, 3.05) is 0 Å². The third kappa shape index (κ3) is 4.34. The molecule has 0 fully saturated rings. The summed E-state index contributed by atoms with van der Waals surface area (Å²) < 4.78 is 8.13. The molecular weight excluding hydrogens is 356 g/mol. The van der Waals surface area contributed by atoms with Crippen molar-refractivity contribution in [3.05, 3.63) is 62.8 Å². The van der Waals surface area contributed by atoms with Crippen LogP contribution in [0, 0.1) is 4.77 Å². The number of hydrogen-bond acceptors (Lipinski definition) is 5. The number of amides is 1. The number of thiophene rings is 1. The van der Waals surface area contributed by atoms with Gasteiger partial charge in [0, 0.05) is 17.0 Å². The Kier molecular flexibility index (Phi) is 5.62. The second-order valence-electron chi connectivity index (χ2n) is 5.27. The molecule has 25 heavy (non-hydrogen) atoms. The lowest BCUT2D eigenvalue weighted by molar-refractivity contribution is 0.0949. The Hall–Kier alpha value is -2.45. The van der Waals surface area contributed by atoms with E-state index in [4.69, 9.17) is 17.0 Å². The first-order chi connectivity index (χ1) is 12.2. The number of aromatic amines is 1. The minimum absolute atomic E-state index is 0.182. The summed E-state index contributed by atoms with van der Waals surface area (Å²) >= 11 is 6.78. The van der Waals surface area contributed by atoms with Crippen LogP contribution in [0.25, 0.3) is 0 Å². The summed E-state index contributed by atoms with van der Waals surface area (Å²) in [7, 11) is 0. The number of rotatable bonds is 7. The fourth-order valence-electron chi connectivity index (χ4n) is 2.35. The van der Waals surface area contributed by atoms with Crippen molar-refractivity contribution < 1.29 is 9.53 Å². The number of nitrogens with one attached hydrogen (secondary N) is 2. The summed E-state index contributed by atoms with van der Waals surface area (Å²) in [6.07, 6.45) is 0. The Balaban J connectivity index is 1.61. The summed E-state index contributed by atoms with van der Waals surface area (Å²) in [4.78, 5) is 13.5. The van der Waals surface area contributed by atoms with Gasteiger partial charge >= 0.3 is 0 Å². The van der Waals surface area contributed by atoms with Gasteiger partial charge in [0.2, 0.25) is 0 Å². The van der Waals surface area contributed by atoms with E-state index in [1.807, 2.05) is 35.1 Å². The first kappa shape index (κ1) is 17.4. The van der Waals surface area contributed by atoms with Crippen molar-refractivity contribution in [3.8, 4) is 5.75 Å². The highest BCUT2D eigenvalue weighted by Crippen LogP contribution is 2.17. The van der Waals surface area contributed by atoms with Crippen molar-refractivity contribution in [2.24, 2.45) is 0 Å². The first-order valence-electron chi connectivity index (χ1n) is 7.85. The molecule has 0 radical (unpaired) electrons. The van der Waals surface area contributed by atoms with Gasteiger partial charge in [-0.25, -0.2) is 0 Å². The van der Waals surface area contributed by atoms with E-state index in [1.54, 1.807) is 29.5 Å². The number of nitrogens with zero attached hydrogens (tertiary/aromatic N) is 2. The number of hydrogen-bond donors (Lipinski definition) is 2. The molecule has 0 saturated carbocycles. The Bertz CT molecular complexity index is 900. The predicted octanol–water partition coefficient (Wildman–Crippen LogP) is 3.53. The Morgan fingerprint density at radius 1 is 1.40 bits per heavy atom. The molecule has 2 aromatic heterocycles. The molecule has 3 rings (SSSR count). The van der Waals surface area contributed by atoms with E-state index in [2.05, 4.69) is 15.5 Å². The molecule has 0 saturated heterocycles. The van der Waals surface area contributed by atoms with Gasteiger partial charge in [0.25, 0.3) is 5.91 Å². The molecule has 8 heteroatoms. The van der Waals surface area contributed by atoms with Crippen LogP contribution in [0.1, 0.15) is 28.0 Å². The van der Waals surface area contributed by atoms with Gasteiger partial charge in [-0.05, 0) is 48.8 Å². The maximum Gasteiger partial charge on any atom is 0.251 e. The summed E-state index contributed by atoms with van der Waals surface area (Å²) in [5.74, 6) is 1.18. The molecule has 0 aliphatic rings. The van der Waals surface area contributed by atoms with E-state index < -0.39 is 0 Å². The average Bonchev–Trinajstić information content (AvgIpc) is 3.27. The van der Waals surface area contributed by atoms with Gasteiger partial charge in [0.1, 0.15) is 12.4 Å². The van der Waals surface area contributed by atoms with Gasteiger partial charge in [-0.2, -0.15) is 5.10 Å². The van der Waals surface area contributed by atoms with E-state index in [1.165, 1.54) is 0 Å². The van der Waals surface area contributed by atoms with Crippen molar-refractivity contribution in [2.45, 2.75) is 26.6 Å². The van der Waals surface area contributed by atoms with Gasteiger partial charge in [-0.3, -0.25) is 9.89 Å². The maximum absolute atomic E-state index is 12.4. The van der Waals surface area contributed by atoms with Gasteiger partial charge in [0.15, 0.2) is 10.6 Å². The van der Waals surface area contributed by atoms with Crippen LogP contribution >= 0.6 is 23.6 Å². The topological polar surface area (TPSA) is 71.9 Å². The number of carbonyl (C=O) groups is 1. The minimum atomic E-state index is -0.182. The van der Waals surface area contributed by atoms with Crippen LogP contribution in [0.4, 0.5) is 0 Å². The molecule has 130 valence electrons. The lowest BCUT2D eigenvalue weighted by Crippen LogP contribution is -2.24. The highest BCUT2D eigenvalue weighted by atomic mass is 32.1. The van der Waals surface area contributed by atoms with E-state index >= 15 is 0 Å². The maximum atomic E-state index is 12.4. The molecule has 6 nitrogen and oxygen atoms in total. The molecule has 0 aliphatic heterocycles. The first-order valence-corrected chi connectivity index (χ1v) is 9.13. The SMILES string of the molecule is CCn1c(CNC(=O)c2cccc(OCc3cccs3)c2)n[nH]c1=S. The zero-order valence-electron chi connectivity index (χ0n) is 13.7. The predicted molar refractivity (Wildman–Crippen MR) is 99.3 cm³/mol. The molecule has 0 spiro atoms. The standard InChI is InChI=1S/C17H18N4O2S2/c1-2-21-15(19-20-17(21)24)10-18-16(22)12-5-3-6-13(9-12)23-11-14-7-4-8-25-14/h3-9H,2,10-11H2,1H3,(H,18,22)(H,20,24). The second kappa shape index (κ2) is 8.09. The highest BCUT2D eigenvalue weighted by molar-refractivity contribution is 7.71. The monoisotopic (exact) mass is 374 g/mol. The molecule has 1 aromatic carbocycles.